The van der Waals surface area contributed by atoms with Gasteiger partial charge in [-0.2, -0.15) is 4.98 Å². The number of carboxylic acid groups (broad SMARTS) is 1. The first-order chi connectivity index (χ1) is 12.8. The number of amides is 1. The summed E-state index contributed by atoms with van der Waals surface area (Å²) in [6, 6.07) is 4.75. The molecule has 0 spiro atoms. The van der Waals surface area contributed by atoms with E-state index >= 15 is 0 Å². The van der Waals surface area contributed by atoms with Gasteiger partial charge in [-0.3, -0.25) is 4.79 Å². The Labute approximate surface area is 161 Å². The van der Waals surface area contributed by atoms with Crippen molar-refractivity contribution in [1.29, 1.82) is 0 Å². The third kappa shape index (κ3) is 4.25. The highest BCUT2D eigenvalue weighted by molar-refractivity contribution is 7.12. The largest absolute Gasteiger partial charge is 0.508 e. The van der Waals surface area contributed by atoms with Crippen LogP contribution < -0.4 is 11.1 Å². The Bertz CT molecular complexity index is 1000. The van der Waals surface area contributed by atoms with Crippen LogP contribution in [-0.2, 0) is 11.2 Å². The number of anilines is 1. The first-order valence-electron chi connectivity index (χ1n) is 7.54. The zero-order valence-electron chi connectivity index (χ0n) is 13.5. The minimum atomic E-state index is -1.14. The number of hydrogen-bond donors (Lipinski definition) is 4. The van der Waals surface area contributed by atoms with Crippen LogP contribution in [0.3, 0.4) is 0 Å². The summed E-state index contributed by atoms with van der Waals surface area (Å²) in [5.41, 5.74) is 6.47. The number of nitrogens with zero attached hydrogens (tertiary/aromatic N) is 2. The van der Waals surface area contributed by atoms with Crippen molar-refractivity contribution in [3.05, 3.63) is 45.4 Å². The Morgan fingerprint density at radius 2 is 2.15 bits per heavy atom. The first kappa shape index (κ1) is 18.8. The highest BCUT2D eigenvalue weighted by Gasteiger charge is 2.21. The number of halogens is 1. The number of thiophene rings is 1. The van der Waals surface area contributed by atoms with E-state index in [9.17, 15) is 14.7 Å². The van der Waals surface area contributed by atoms with Crippen molar-refractivity contribution in [3.63, 3.8) is 0 Å². The third-order valence-electron chi connectivity index (χ3n) is 3.51. The Balaban J connectivity index is 1.68. The second-order valence-corrected chi connectivity index (χ2v) is 6.77. The van der Waals surface area contributed by atoms with Crippen molar-refractivity contribution < 1.29 is 24.3 Å². The molecule has 2 heterocycles. The molecule has 11 heteroatoms. The molecular weight excluding hydrogens is 396 g/mol. The number of hydrogen-bond acceptors (Lipinski definition) is 8. The second kappa shape index (κ2) is 7.74. The molecule has 27 heavy (non-hydrogen) atoms. The Morgan fingerprint density at radius 1 is 1.37 bits per heavy atom. The number of carbonyl (C=O) groups excluding carboxylic acids is 1. The number of phenolic OH excluding ortho intramolecular Hbond substituents is 1. The number of nitrogens with one attached hydrogen (secondary N) is 1. The number of carboxylic acids is 1. The number of carbonyl (C=O) groups is 2. The molecule has 0 aliphatic carbocycles. The maximum absolute atomic E-state index is 12.2. The van der Waals surface area contributed by atoms with E-state index in [0.717, 1.165) is 11.3 Å². The van der Waals surface area contributed by atoms with Crippen molar-refractivity contribution >= 4 is 40.5 Å². The molecule has 3 rings (SSSR count). The van der Waals surface area contributed by atoms with Gasteiger partial charge in [-0.1, -0.05) is 16.8 Å². The fraction of sp³-hybridized carbons (Fsp3) is 0.125. The van der Waals surface area contributed by atoms with Gasteiger partial charge in [-0.15, -0.1) is 11.3 Å². The lowest BCUT2D eigenvalue weighted by Crippen LogP contribution is -2.37. The van der Waals surface area contributed by atoms with Crippen LogP contribution in [0.1, 0.15) is 15.6 Å². The molecular formula is C16H13ClN4O5S. The molecule has 0 bridgehead atoms. The Hall–Kier alpha value is -2.95. The maximum Gasteiger partial charge on any atom is 0.348 e. The van der Waals surface area contributed by atoms with Gasteiger partial charge in [0.2, 0.25) is 17.6 Å². The predicted molar refractivity (Wildman–Crippen MR) is 98.0 cm³/mol. The molecule has 1 aromatic carbocycles. The fourth-order valence-corrected chi connectivity index (χ4v) is 3.16. The Kier molecular flexibility index (Phi) is 5.40. The number of benzene rings is 1. The van der Waals surface area contributed by atoms with E-state index in [1.807, 2.05) is 0 Å². The first-order valence-corrected chi connectivity index (χ1v) is 8.79. The molecule has 9 nitrogen and oxygen atoms in total. The zero-order chi connectivity index (χ0) is 19.6. The van der Waals surface area contributed by atoms with Gasteiger partial charge in [0.25, 0.3) is 0 Å². The molecule has 0 radical (unpaired) electrons. The van der Waals surface area contributed by atoms with Gasteiger partial charge < -0.3 is 25.8 Å². The average Bonchev–Trinajstić information content (AvgIpc) is 3.24. The summed E-state index contributed by atoms with van der Waals surface area (Å²) in [6.07, 6.45) is -0.0545. The molecule has 140 valence electrons. The molecule has 1 amide bonds. The lowest BCUT2D eigenvalue weighted by molar-refractivity contribution is -0.117. The monoisotopic (exact) mass is 408 g/mol. The average molecular weight is 409 g/mol. The standard InChI is InChI=1S/C16H13ClN4O5S/c17-9-5-7(22)1-2-8(9)14-20-12(26-21-14)6-10(18)15(23)19-11-3-4-27-13(11)16(24)25/h1-5,10,22H,6,18H2,(H,19,23)(H,24,25). The summed E-state index contributed by atoms with van der Waals surface area (Å²) in [5.74, 6) is -1.42. The third-order valence-corrected chi connectivity index (χ3v) is 4.73. The normalized spacial score (nSPS) is 11.9. The van der Waals surface area contributed by atoms with Crippen LogP contribution in [0.15, 0.2) is 34.2 Å². The number of aromatic carboxylic acids is 1. The molecule has 5 N–H and O–H groups in total. The molecule has 0 aliphatic rings. The van der Waals surface area contributed by atoms with E-state index in [-0.39, 0.29) is 39.5 Å². The summed E-state index contributed by atoms with van der Waals surface area (Å²) in [6.45, 7) is 0. The van der Waals surface area contributed by atoms with E-state index in [2.05, 4.69) is 15.5 Å². The lowest BCUT2D eigenvalue weighted by atomic mass is 10.2. The van der Waals surface area contributed by atoms with Crippen LogP contribution in [0.4, 0.5) is 5.69 Å². The van der Waals surface area contributed by atoms with Crippen LogP contribution in [-0.4, -0.2) is 38.3 Å². The minimum Gasteiger partial charge on any atom is -0.508 e. The van der Waals surface area contributed by atoms with Gasteiger partial charge in [-0.25, -0.2) is 4.79 Å². The number of aromatic hydroxyl groups is 1. The van der Waals surface area contributed by atoms with Gasteiger partial charge in [0.05, 0.1) is 23.2 Å². The summed E-state index contributed by atoms with van der Waals surface area (Å²) < 4.78 is 5.09. The molecule has 2 aromatic heterocycles. The van der Waals surface area contributed by atoms with Crippen molar-refractivity contribution in [2.24, 2.45) is 5.73 Å². The zero-order valence-corrected chi connectivity index (χ0v) is 15.1. The molecule has 1 unspecified atom stereocenters. The van der Waals surface area contributed by atoms with Crippen LogP contribution in [0.2, 0.25) is 5.02 Å². The highest BCUT2D eigenvalue weighted by atomic mass is 35.5. The van der Waals surface area contributed by atoms with E-state index in [1.165, 1.54) is 24.3 Å². The number of aromatic nitrogens is 2. The molecule has 0 fully saturated rings. The number of phenols is 1. The smallest absolute Gasteiger partial charge is 0.348 e. The van der Waals surface area contributed by atoms with E-state index < -0.39 is 17.9 Å². The quantitative estimate of drug-likeness (QED) is 0.485. The van der Waals surface area contributed by atoms with Gasteiger partial charge >= 0.3 is 5.97 Å². The van der Waals surface area contributed by atoms with Crippen LogP contribution in [0.5, 0.6) is 5.75 Å². The van der Waals surface area contributed by atoms with E-state index in [0.29, 0.717) is 5.56 Å². The molecule has 3 aromatic rings. The summed E-state index contributed by atoms with van der Waals surface area (Å²) >= 11 is 7.02. The summed E-state index contributed by atoms with van der Waals surface area (Å²) in [7, 11) is 0. The van der Waals surface area contributed by atoms with E-state index in [1.54, 1.807) is 5.38 Å². The maximum atomic E-state index is 12.2. The fourth-order valence-electron chi connectivity index (χ4n) is 2.21. The molecule has 1 atom stereocenters. The van der Waals surface area contributed by atoms with Crippen molar-refractivity contribution in [1.82, 2.24) is 10.1 Å². The number of nitrogens with two attached hydrogens (primary N) is 1. The van der Waals surface area contributed by atoms with Crippen molar-refractivity contribution in [2.75, 3.05) is 5.32 Å². The second-order valence-electron chi connectivity index (χ2n) is 5.44. The topological polar surface area (TPSA) is 152 Å². The van der Waals surface area contributed by atoms with Gasteiger partial charge in [0.15, 0.2) is 0 Å². The van der Waals surface area contributed by atoms with Crippen molar-refractivity contribution in [3.8, 4) is 17.1 Å². The van der Waals surface area contributed by atoms with E-state index in [4.69, 9.17) is 27.0 Å². The number of rotatable bonds is 6. The molecule has 0 aliphatic heterocycles. The summed E-state index contributed by atoms with van der Waals surface area (Å²) in [5, 5.41) is 26.5. The highest BCUT2D eigenvalue weighted by Crippen LogP contribution is 2.29. The summed E-state index contributed by atoms with van der Waals surface area (Å²) in [4.78, 5) is 27.4. The molecule has 0 saturated heterocycles. The van der Waals surface area contributed by atoms with Crippen LogP contribution >= 0.6 is 22.9 Å². The SMILES string of the molecule is NC(Cc1nc(-c2ccc(O)cc2Cl)no1)C(=O)Nc1ccsc1C(=O)O. The predicted octanol–water partition coefficient (Wildman–Crippen LogP) is 2.36. The van der Waals surface area contributed by atoms with Crippen LogP contribution in [0, 0.1) is 0 Å². The van der Waals surface area contributed by atoms with Crippen molar-refractivity contribution in [2.45, 2.75) is 12.5 Å². The molecule has 0 saturated carbocycles. The van der Waals surface area contributed by atoms with Gasteiger partial charge in [0, 0.05) is 5.56 Å². The Morgan fingerprint density at radius 3 is 2.85 bits per heavy atom. The van der Waals surface area contributed by atoms with Gasteiger partial charge in [-0.05, 0) is 29.6 Å². The minimum absolute atomic E-state index is 0.000298. The van der Waals surface area contributed by atoms with Gasteiger partial charge in [0.1, 0.15) is 10.6 Å². The van der Waals surface area contributed by atoms with Crippen LogP contribution in [0.25, 0.3) is 11.4 Å². The lowest BCUT2D eigenvalue weighted by Gasteiger charge is -2.09.